The van der Waals surface area contributed by atoms with E-state index in [1.807, 2.05) is 24.3 Å². The normalized spacial score (nSPS) is 11.8. The minimum atomic E-state index is -1.14. The van der Waals surface area contributed by atoms with Gasteiger partial charge >= 0.3 is 5.97 Å². The third-order valence-electron chi connectivity index (χ3n) is 5.15. The molecule has 3 N–H and O–H groups in total. The molecule has 1 aromatic heterocycles. The third kappa shape index (κ3) is 4.57. The Morgan fingerprint density at radius 1 is 0.969 bits per heavy atom. The summed E-state index contributed by atoms with van der Waals surface area (Å²) in [5.74, 6) is -0.896. The minimum Gasteiger partial charge on any atom is -0.508 e. The van der Waals surface area contributed by atoms with E-state index in [-0.39, 0.29) is 17.9 Å². The Bertz CT molecular complexity index is 1260. The summed E-state index contributed by atoms with van der Waals surface area (Å²) in [4.78, 5) is 24.4. The number of aliphatic carboxylic acids is 1. The van der Waals surface area contributed by atoms with Gasteiger partial charge in [0.2, 0.25) is 0 Å². The average molecular weight is 431 g/mol. The van der Waals surface area contributed by atoms with E-state index < -0.39 is 17.9 Å². The van der Waals surface area contributed by atoms with E-state index in [0.717, 1.165) is 16.7 Å². The number of carboxylic acids is 1. The van der Waals surface area contributed by atoms with Gasteiger partial charge in [-0.1, -0.05) is 36.4 Å². The first kappa shape index (κ1) is 21.0. The highest BCUT2D eigenvalue weighted by atomic mass is 16.5. The maximum atomic E-state index is 12.6. The topological polar surface area (TPSA) is 109 Å². The van der Waals surface area contributed by atoms with Crippen LogP contribution in [0.5, 0.6) is 11.5 Å². The van der Waals surface area contributed by atoms with E-state index in [1.54, 1.807) is 55.6 Å². The van der Waals surface area contributed by atoms with Crippen LogP contribution in [0.1, 0.15) is 16.1 Å². The number of furan rings is 1. The quantitative estimate of drug-likeness (QED) is 0.404. The third-order valence-corrected chi connectivity index (χ3v) is 5.15. The Labute approximate surface area is 183 Å². The predicted molar refractivity (Wildman–Crippen MR) is 119 cm³/mol. The number of fused-ring (bicyclic) bond motifs is 1. The summed E-state index contributed by atoms with van der Waals surface area (Å²) in [6.07, 6.45) is 0.116. The van der Waals surface area contributed by atoms with Gasteiger partial charge in [-0.3, -0.25) is 4.79 Å². The number of carbonyl (C=O) groups is 2. The molecule has 0 aliphatic heterocycles. The van der Waals surface area contributed by atoms with E-state index in [0.29, 0.717) is 16.7 Å². The highest BCUT2D eigenvalue weighted by Gasteiger charge is 2.23. The number of phenolic OH excluding ortho intramolecular Hbond substituents is 1. The molecule has 0 fully saturated rings. The number of hydrogen-bond donors (Lipinski definition) is 3. The lowest BCUT2D eigenvalue weighted by atomic mass is 10.0. The van der Waals surface area contributed by atoms with Gasteiger partial charge in [-0.2, -0.15) is 0 Å². The van der Waals surface area contributed by atoms with Gasteiger partial charge in [0, 0.05) is 11.8 Å². The molecule has 0 aliphatic carbocycles. The SMILES string of the molecule is COc1ccc2oc(C(=O)NC(Cc3ccc(-c4ccc(O)cc4)cc3)C(=O)O)cc2c1. The van der Waals surface area contributed by atoms with Crippen molar-refractivity contribution in [2.45, 2.75) is 12.5 Å². The molecule has 1 amide bonds. The van der Waals surface area contributed by atoms with Crippen molar-refractivity contribution in [2.75, 3.05) is 7.11 Å². The van der Waals surface area contributed by atoms with Gasteiger partial charge in [0.05, 0.1) is 7.11 Å². The number of benzene rings is 3. The number of phenols is 1. The zero-order chi connectivity index (χ0) is 22.7. The molecule has 0 saturated carbocycles. The molecule has 1 unspecified atom stereocenters. The second kappa shape index (κ2) is 8.85. The van der Waals surface area contributed by atoms with Crippen molar-refractivity contribution in [1.82, 2.24) is 5.32 Å². The Morgan fingerprint density at radius 3 is 2.25 bits per heavy atom. The molecular formula is C25H21NO6. The number of carbonyl (C=O) groups excluding carboxylic acids is 1. The largest absolute Gasteiger partial charge is 0.508 e. The first-order valence-electron chi connectivity index (χ1n) is 9.92. The Balaban J connectivity index is 1.47. The van der Waals surface area contributed by atoms with Crippen LogP contribution in [-0.4, -0.2) is 35.2 Å². The number of aromatic hydroxyl groups is 1. The lowest BCUT2D eigenvalue weighted by Crippen LogP contribution is -2.42. The number of hydrogen-bond acceptors (Lipinski definition) is 5. The molecule has 0 saturated heterocycles. The van der Waals surface area contributed by atoms with Crippen LogP contribution in [-0.2, 0) is 11.2 Å². The van der Waals surface area contributed by atoms with E-state index in [2.05, 4.69) is 5.32 Å². The lowest BCUT2D eigenvalue weighted by molar-refractivity contribution is -0.139. The van der Waals surface area contributed by atoms with Crippen LogP contribution in [0, 0.1) is 0 Å². The van der Waals surface area contributed by atoms with Gasteiger partial charge in [-0.25, -0.2) is 4.79 Å². The first-order valence-corrected chi connectivity index (χ1v) is 9.92. The second-order valence-corrected chi connectivity index (χ2v) is 7.33. The van der Waals surface area contributed by atoms with Gasteiger partial charge in [-0.05, 0) is 53.1 Å². The molecule has 32 heavy (non-hydrogen) atoms. The number of amides is 1. The molecule has 0 spiro atoms. The molecule has 1 atom stereocenters. The summed E-state index contributed by atoms with van der Waals surface area (Å²) < 4.78 is 10.7. The maximum Gasteiger partial charge on any atom is 0.326 e. The van der Waals surface area contributed by atoms with Crippen molar-refractivity contribution in [2.24, 2.45) is 0 Å². The summed E-state index contributed by atoms with van der Waals surface area (Å²) in [6, 6.07) is 19.8. The lowest BCUT2D eigenvalue weighted by Gasteiger charge is -2.14. The molecule has 7 nitrogen and oxygen atoms in total. The monoisotopic (exact) mass is 431 g/mol. The Hall–Kier alpha value is -4.26. The van der Waals surface area contributed by atoms with Crippen molar-refractivity contribution in [3.05, 3.63) is 84.1 Å². The van der Waals surface area contributed by atoms with E-state index in [4.69, 9.17) is 9.15 Å². The van der Waals surface area contributed by atoms with Crippen LogP contribution in [0.4, 0.5) is 0 Å². The van der Waals surface area contributed by atoms with Gasteiger partial charge in [0.1, 0.15) is 23.1 Å². The van der Waals surface area contributed by atoms with E-state index in [1.165, 1.54) is 0 Å². The van der Waals surface area contributed by atoms with Crippen LogP contribution in [0.2, 0.25) is 0 Å². The molecule has 4 aromatic rings. The molecule has 0 radical (unpaired) electrons. The molecule has 0 aliphatic rings. The molecule has 7 heteroatoms. The highest BCUT2D eigenvalue weighted by molar-refractivity contribution is 5.98. The Morgan fingerprint density at radius 2 is 1.62 bits per heavy atom. The fourth-order valence-corrected chi connectivity index (χ4v) is 3.41. The molecule has 1 heterocycles. The molecule has 3 aromatic carbocycles. The van der Waals surface area contributed by atoms with Crippen molar-refractivity contribution in [3.8, 4) is 22.6 Å². The standard InChI is InChI=1S/C25H21NO6/c1-31-20-10-11-22-18(13-20)14-23(32-22)24(28)26-21(25(29)30)12-15-2-4-16(5-3-15)17-6-8-19(27)9-7-17/h2-11,13-14,21,27H,12H2,1H3,(H,26,28)(H,29,30). The number of carboxylic acid groups (broad SMARTS) is 1. The number of ether oxygens (including phenoxy) is 1. The van der Waals surface area contributed by atoms with E-state index >= 15 is 0 Å². The van der Waals surface area contributed by atoms with Gasteiger partial charge < -0.3 is 24.7 Å². The number of methoxy groups -OCH3 is 1. The van der Waals surface area contributed by atoms with Crippen LogP contribution in [0.15, 0.2) is 77.2 Å². The average Bonchev–Trinajstić information content (AvgIpc) is 3.23. The number of nitrogens with one attached hydrogen (secondary N) is 1. The highest BCUT2D eigenvalue weighted by Crippen LogP contribution is 2.25. The van der Waals surface area contributed by atoms with Crippen molar-refractivity contribution in [3.63, 3.8) is 0 Å². The van der Waals surface area contributed by atoms with Crippen molar-refractivity contribution in [1.29, 1.82) is 0 Å². The van der Waals surface area contributed by atoms with Crippen LogP contribution >= 0.6 is 0 Å². The van der Waals surface area contributed by atoms with Crippen molar-refractivity contribution < 1.29 is 29.0 Å². The van der Waals surface area contributed by atoms with Crippen LogP contribution < -0.4 is 10.1 Å². The summed E-state index contributed by atoms with van der Waals surface area (Å²) in [7, 11) is 1.55. The zero-order valence-corrected chi connectivity index (χ0v) is 17.2. The second-order valence-electron chi connectivity index (χ2n) is 7.33. The van der Waals surface area contributed by atoms with Crippen molar-refractivity contribution >= 4 is 22.8 Å². The smallest absolute Gasteiger partial charge is 0.326 e. The zero-order valence-electron chi connectivity index (χ0n) is 17.2. The maximum absolute atomic E-state index is 12.6. The molecular weight excluding hydrogens is 410 g/mol. The fraction of sp³-hybridized carbons (Fsp3) is 0.120. The van der Waals surface area contributed by atoms with E-state index in [9.17, 15) is 19.8 Å². The predicted octanol–water partition coefficient (Wildman–Crippen LogP) is 4.24. The summed E-state index contributed by atoms with van der Waals surface area (Å²) in [5.41, 5.74) is 3.13. The summed E-state index contributed by atoms with van der Waals surface area (Å²) in [5, 5.41) is 22.2. The van der Waals surface area contributed by atoms with Gasteiger partial charge in [0.25, 0.3) is 5.91 Å². The molecule has 0 bridgehead atoms. The minimum absolute atomic E-state index is 0.0298. The first-order chi connectivity index (χ1) is 15.4. The molecule has 162 valence electrons. The van der Waals surface area contributed by atoms with Gasteiger partial charge in [-0.15, -0.1) is 0 Å². The van der Waals surface area contributed by atoms with Crippen LogP contribution in [0.25, 0.3) is 22.1 Å². The fourth-order valence-electron chi connectivity index (χ4n) is 3.41. The van der Waals surface area contributed by atoms with Gasteiger partial charge in [0.15, 0.2) is 5.76 Å². The van der Waals surface area contributed by atoms with Crippen LogP contribution in [0.3, 0.4) is 0 Å². The summed E-state index contributed by atoms with van der Waals surface area (Å²) in [6.45, 7) is 0. The summed E-state index contributed by atoms with van der Waals surface area (Å²) >= 11 is 0. The number of rotatable bonds is 7. The molecule has 4 rings (SSSR count). The Kier molecular flexibility index (Phi) is 5.81.